The Balaban J connectivity index is 2.04. The molecule has 0 aliphatic heterocycles. The average molecular weight is 254 g/mol. The second-order valence-corrected chi connectivity index (χ2v) is 4.07. The van der Waals surface area contributed by atoms with Crippen molar-refractivity contribution in [2.24, 2.45) is 0 Å². The molecule has 3 aromatic rings. The number of nitrogens with zero attached hydrogens (tertiary/aromatic N) is 4. The van der Waals surface area contributed by atoms with Gasteiger partial charge < -0.3 is 5.11 Å². The highest BCUT2D eigenvalue weighted by atomic mass is 16.4. The van der Waals surface area contributed by atoms with Crippen LogP contribution in [0.4, 0.5) is 0 Å². The molecule has 3 rings (SSSR count). The Morgan fingerprint density at radius 3 is 2.74 bits per heavy atom. The van der Waals surface area contributed by atoms with Gasteiger partial charge in [0.2, 0.25) is 0 Å². The average Bonchev–Trinajstić information content (AvgIpc) is 2.82. The summed E-state index contributed by atoms with van der Waals surface area (Å²) in [5, 5.41) is 14.0. The van der Waals surface area contributed by atoms with Crippen molar-refractivity contribution < 1.29 is 9.90 Å². The van der Waals surface area contributed by atoms with E-state index in [1.165, 1.54) is 6.07 Å². The van der Waals surface area contributed by atoms with Crippen LogP contribution in [-0.4, -0.2) is 30.8 Å². The first-order valence-corrected chi connectivity index (χ1v) is 5.69. The maximum absolute atomic E-state index is 10.9. The van der Waals surface area contributed by atoms with E-state index in [1.807, 2.05) is 12.1 Å². The number of fused-ring (bicyclic) bond motifs is 1. The number of hydrogen-bond donors (Lipinski definition) is 1. The third-order valence-corrected chi connectivity index (χ3v) is 2.79. The fourth-order valence-electron chi connectivity index (χ4n) is 1.85. The first kappa shape index (κ1) is 11.3. The summed E-state index contributed by atoms with van der Waals surface area (Å²) < 4.78 is 1.68. The Morgan fingerprint density at radius 1 is 1.21 bits per heavy atom. The van der Waals surface area contributed by atoms with Crippen molar-refractivity contribution in [1.29, 1.82) is 0 Å². The minimum Gasteiger partial charge on any atom is -0.477 e. The van der Waals surface area contributed by atoms with Crippen LogP contribution >= 0.6 is 0 Å². The number of carboxylic acids is 1. The Morgan fingerprint density at radius 2 is 2.00 bits per heavy atom. The molecule has 6 heteroatoms. The minimum absolute atomic E-state index is 0.0176. The van der Waals surface area contributed by atoms with Gasteiger partial charge in [-0.25, -0.2) is 14.5 Å². The molecule has 3 heterocycles. The van der Waals surface area contributed by atoms with Crippen molar-refractivity contribution in [2.45, 2.75) is 6.54 Å². The molecule has 0 fully saturated rings. The van der Waals surface area contributed by atoms with E-state index >= 15 is 0 Å². The summed E-state index contributed by atoms with van der Waals surface area (Å²) in [6, 6.07) is 6.95. The molecule has 94 valence electrons. The summed E-state index contributed by atoms with van der Waals surface area (Å²) in [5.41, 5.74) is 1.61. The van der Waals surface area contributed by atoms with Gasteiger partial charge in [0.05, 0.1) is 12.7 Å². The quantitative estimate of drug-likeness (QED) is 0.767. The number of rotatable bonds is 3. The lowest BCUT2D eigenvalue weighted by Crippen LogP contribution is -2.05. The van der Waals surface area contributed by atoms with E-state index in [2.05, 4.69) is 15.1 Å². The molecule has 3 aromatic heterocycles. The molecule has 0 radical (unpaired) electrons. The largest absolute Gasteiger partial charge is 0.477 e. The van der Waals surface area contributed by atoms with Crippen LogP contribution in [0.2, 0.25) is 0 Å². The molecular weight excluding hydrogens is 244 g/mol. The molecule has 0 bridgehead atoms. The number of aromatic nitrogens is 4. The maximum Gasteiger partial charge on any atom is 0.354 e. The lowest BCUT2D eigenvalue weighted by molar-refractivity contribution is 0.0691. The Labute approximate surface area is 108 Å². The third-order valence-electron chi connectivity index (χ3n) is 2.79. The van der Waals surface area contributed by atoms with Crippen LogP contribution in [0.3, 0.4) is 0 Å². The van der Waals surface area contributed by atoms with E-state index in [4.69, 9.17) is 5.11 Å². The molecular formula is C13H10N4O2. The summed E-state index contributed by atoms with van der Waals surface area (Å²) in [6.45, 7) is 0.530. The van der Waals surface area contributed by atoms with E-state index < -0.39 is 5.97 Å². The zero-order valence-corrected chi connectivity index (χ0v) is 9.89. The van der Waals surface area contributed by atoms with Gasteiger partial charge in [-0.1, -0.05) is 0 Å². The summed E-state index contributed by atoms with van der Waals surface area (Å²) in [6.07, 6.45) is 5.09. The van der Waals surface area contributed by atoms with Crippen molar-refractivity contribution in [1.82, 2.24) is 19.7 Å². The zero-order valence-electron chi connectivity index (χ0n) is 9.89. The van der Waals surface area contributed by atoms with Crippen LogP contribution in [0.15, 0.2) is 42.9 Å². The molecule has 0 amide bonds. The van der Waals surface area contributed by atoms with Crippen LogP contribution < -0.4 is 0 Å². The molecule has 0 saturated heterocycles. The van der Waals surface area contributed by atoms with Gasteiger partial charge in [-0.15, -0.1) is 0 Å². The summed E-state index contributed by atoms with van der Waals surface area (Å²) in [7, 11) is 0. The van der Waals surface area contributed by atoms with Gasteiger partial charge >= 0.3 is 5.97 Å². The number of pyridine rings is 2. The highest BCUT2D eigenvalue weighted by Crippen LogP contribution is 2.13. The van der Waals surface area contributed by atoms with E-state index in [-0.39, 0.29) is 5.69 Å². The summed E-state index contributed by atoms with van der Waals surface area (Å²) >= 11 is 0. The van der Waals surface area contributed by atoms with Gasteiger partial charge in [-0.3, -0.25) is 4.98 Å². The molecule has 0 atom stereocenters. The van der Waals surface area contributed by atoms with Gasteiger partial charge in [-0.2, -0.15) is 5.10 Å². The van der Waals surface area contributed by atoms with E-state index in [0.29, 0.717) is 12.2 Å². The monoisotopic (exact) mass is 254 g/mol. The molecule has 0 spiro atoms. The van der Waals surface area contributed by atoms with Crippen molar-refractivity contribution in [2.75, 3.05) is 0 Å². The molecule has 0 aliphatic carbocycles. The smallest absolute Gasteiger partial charge is 0.354 e. The molecule has 0 saturated carbocycles. The van der Waals surface area contributed by atoms with Crippen LogP contribution in [0.5, 0.6) is 0 Å². The molecule has 0 unspecified atom stereocenters. The van der Waals surface area contributed by atoms with E-state index in [0.717, 1.165) is 10.9 Å². The number of hydrogen-bond acceptors (Lipinski definition) is 4. The van der Waals surface area contributed by atoms with Crippen molar-refractivity contribution in [3.8, 4) is 0 Å². The van der Waals surface area contributed by atoms with Crippen LogP contribution in [-0.2, 0) is 6.54 Å². The molecule has 1 N–H and O–H groups in total. The predicted octanol–water partition coefficient (Wildman–Crippen LogP) is 1.57. The van der Waals surface area contributed by atoms with E-state index in [1.54, 1.807) is 29.3 Å². The number of carboxylic acid groups (broad SMARTS) is 1. The van der Waals surface area contributed by atoms with Gasteiger partial charge in [0.15, 0.2) is 11.3 Å². The molecule has 19 heavy (non-hydrogen) atoms. The van der Waals surface area contributed by atoms with Crippen molar-refractivity contribution in [3.63, 3.8) is 0 Å². The van der Waals surface area contributed by atoms with Gasteiger partial charge in [0, 0.05) is 17.8 Å². The molecule has 6 nitrogen and oxygen atoms in total. The molecule has 0 aliphatic rings. The Hall–Kier alpha value is -2.76. The predicted molar refractivity (Wildman–Crippen MR) is 67.8 cm³/mol. The van der Waals surface area contributed by atoms with Gasteiger partial charge in [0.25, 0.3) is 0 Å². The van der Waals surface area contributed by atoms with Gasteiger partial charge in [0.1, 0.15) is 0 Å². The van der Waals surface area contributed by atoms with Crippen LogP contribution in [0.25, 0.3) is 11.0 Å². The van der Waals surface area contributed by atoms with Gasteiger partial charge in [-0.05, 0) is 29.8 Å². The van der Waals surface area contributed by atoms with E-state index in [9.17, 15) is 4.79 Å². The van der Waals surface area contributed by atoms with Crippen LogP contribution in [0, 0.1) is 0 Å². The van der Waals surface area contributed by atoms with Crippen LogP contribution in [0.1, 0.15) is 16.1 Å². The third kappa shape index (κ3) is 2.15. The standard InChI is InChI=1S/C13H10N4O2/c18-13(19)11-2-1-10-7-15-17(12(10)16-11)8-9-3-5-14-6-4-9/h1-7H,8H2,(H,18,19). The lowest BCUT2D eigenvalue weighted by atomic mass is 10.2. The van der Waals surface area contributed by atoms with Crippen molar-refractivity contribution in [3.05, 3.63) is 54.1 Å². The normalized spacial score (nSPS) is 10.7. The second kappa shape index (κ2) is 4.49. The Bertz CT molecular complexity index is 737. The summed E-state index contributed by atoms with van der Waals surface area (Å²) in [5.74, 6) is -1.04. The second-order valence-electron chi connectivity index (χ2n) is 4.07. The maximum atomic E-state index is 10.9. The minimum atomic E-state index is -1.04. The lowest BCUT2D eigenvalue weighted by Gasteiger charge is -2.03. The van der Waals surface area contributed by atoms with Crippen molar-refractivity contribution >= 4 is 17.0 Å². The first-order valence-electron chi connectivity index (χ1n) is 5.69. The highest BCUT2D eigenvalue weighted by Gasteiger charge is 2.09. The zero-order chi connectivity index (χ0) is 13.2. The number of aromatic carboxylic acids is 1. The first-order chi connectivity index (χ1) is 9.24. The topological polar surface area (TPSA) is 80.9 Å². The fraction of sp³-hybridized carbons (Fsp3) is 0.0769. The summed E-state index contributed by atoms with van der Waals surface area (Å²) in [4.78, 5) is 19.0. The SMILES string of the molecule is O=C(O)c1ccc2cnn(Cc3ccncc3)c2n1. The number of carbonyl (C=O) groups is 1. The molecule has 0 aromatic carbocycles. The Kier molecular flexibility index (Phi) is 2.68. The fourth-order valence-corrected chi connectivity index (χ4v) is 1.85. The highest BCUT2D eigenvalue weighted by molar-refractivity contribution is 5.88.